The first-order valence-corrected chi connectivity index (χ1v) is 9.72. The molecule has 0 aliphatic heterocycles. The van der Waals surface area contributed by atoms with Crippen LogP contribution in [0.15, 0.2) is 12.1 Å². The van der Waals surface area contributed by atoms with Gasteiger partial charge in [0, 0.05) is 18.2 Å². The summed E-state index contributed by atoms with van der Waals surface area (Å²) < 4.78 is 5.86. The van der Waals surface area contributed by atoms with E-state index in [0.717, 1.165) is 55.7 Å². The average molecular weight is 347 g/mol. The number of carbonyl (C=O) groups is 1. The third-order valence-corrected chi connectivity index (χ3v) is 5.39. The topological polar surface area (TPSA) is 41.6 Å². The molecule has 1 aliphatic carbocycles. The van der Waals surface area contributed by atoms with Crippen LogP contribution in [0, 0.1) is 26.7 Å². The van der Waals surface area contributed by atoms with Gasteiger partial charge < -0.3 is 9.64 Å². The maximum atomic E-state index is 12.5. The zero-order chi connectivity index (χ0) is 18.4. The monoisotopic (exact) mass is 346 g/mol. The van der Waals surface area contributed by atoms with Crippen LogP contribution in [0.25, 0.3) is 0 Å². The Morgan fingerprint density at radius 1 is 1.12 bits per heavy atom. The van der Waals surface area contributed by atoms with Gasteiger partial charge in [-0.25, -0.2) is 4.79 Å². The van der Waals surface area contributed by atoms with Crippen molar-refractivity contribution in [2.24, 2.45) is 5.92 Å². The van der Waals surface area contributed by atoms with Crippen LogP contribution in [0.2, 0.25) is 0 Å². The van der Waals surface area contributed by atoms with Crippen LogP contribution in [0.5, 0.6) is 0 Å². The Bertz CT molecular complexity index is 558. The summed E-state index contributed by atoms with van der Waals surface area (Å²) in [5, 5.41) is 2.98. The number of rotatable bonds is 6. The lowest BCUT2D eigenvalue weighted by Gasteiger charge is -2.34. The molecule has 0 spiro atoms. The molecule has 0 bridgehead atoms. The number of hydrogen-bond acceptors (Lipinski definition) is 3. The molecule has 0 radical (unpaired) electrons. The summed E-state index contributed by atoms with van der Waals surface area (Å²) in [4.78, 5) is 14.9. The van der Waals surface area contributed by atoms with Crippen molar-refractivity contribution in [3.63, 3.8) is 0 Å². The lowest BCUT2D eigenvalue weighted by molar-refractivity contribution is 0.0309. The standard InChI is InChI=1S/C21H34N2O2/c1-6-23(7-2)14-18-10-8-9-11-19(18)25-21(24)22-20-16(4)12-15(3)13-17(20)5/h12-13,18-19H,6-11,14H2,1-5H3,(H,22,24)/t18-,19+/m1/s1. The number of aryl methyl sites for hydroxylation is 3. The van der Waals surface area contributed by atoms with E-state index in [0.29, 0.717) is 5.92 Å². The minimum absolute atomic E-state index is 0.0282. The van der Waals surface area contributed by atoms with Crippen molar-refractivity contribution < 1.29 is 9.53 Å². The Hall–Kier alpha value is -1.55. The van der Waals surface area contributed by atoms with Crippen molar-refractivity contribution in [1.29, 1.82) is 0 Å². The Kier molecular flexibility index (Phi) is 7.30. The Labute approximate surface area is 152 Å². The predicted molar refractivity (Wildman–Crippen MR) is 104 cm³/mol. The Morgan fingerprint density at radius 2 is 1.72 bits per heavy atom. The molecule has 140 valence electrons. The first-order chi connectivity index (χ1) is 11.9. The van der Waals surface area contributed by atoms with E-state index in [2.05, 4.69) is 43.1 Å². The van der Waals surface area contributed by atoms with E-state index in [9.17, 15) is 4.79 Å². The number of benzene rings is 1. The van der Waals surface area contributed by atoms with Crippen molar-refractivity contribution in [3.8, 4) is 0 Å². The van der Waals surface area contributed by atoms with Crippen molar-refractivity contribution in [1.82, 2.24) is 4.90 Å². The number of nitrogens with one attached hydrogen (secondary N) is 1. The van der Waals surface area contributed by atoms with E-state index in [4.69, 9.17) is 4.74 Å². The van der Waals surface area contributed by atoms with Crippen LogP contribution >= 0.6 is 0 Å². The predicted octanol–water partition coefficient (Wildman–Crippen LogP) is 5.06. The highest BCUT2D eigenvalue weighted by Crippen LogP contribution is 2.29. The largest absolute Gasteiger partial charge is 0.446 e. The molecule has 25 heavy (non-hydrogen) atoms. The van der Waals surface area contributed by atoms with Crippen LogP contribution < -0.4 is 5.32 Å². The minimum atomic E-state index is -0.313. The molecule has 1 amide bonds. The van der Waals surface area contributed by atoms with Gasteiger partial charge in [-0.1, -0.05) is 38.0 Å². The van der Waals surface area contributed by atoms with Gasteiger partial charge in [0.1, 0.15) is 6.10 Å². The number of anilines is 1. The average Bonchev–Trinajstić information content (AvgIpc) is 2.57. The van der Waals surface area contributed by atoms with Crippen LogP contribution in [-0.4, -0.2) is 36.7 Å². The molecule has 2 rings (SSSR count). The molecule has 0 aromatic heterocycles. The van der Waals surface area contributed by atoms with E-state index in [1.54, 1.807) is 0 Å². The molecule has 1 aliphatic rings. The van der Waals surface area contributed by atoms with Crippen LogP contribution in [0.3, 0.4) is 0 Å². The van der Waals surface area contributed by atoms with Crippen LogP contribution in [0.1, 0.15) is 56.2 Å². The molecule has 2 atom stereocenters. The maximum Gasteiger partial charge on any atom is 0.411 e. The van der Waals surface area contributed by atoms with Gasteiger partial charge >= 0.3 is 6.09 Å². The molecule has 4 nitrogen and oxygen atoms in total. The number of nitrogens with zero attached hydrogens (tertiary/aromatic N) is 1. The molecular weight excluding hydrogens is 312 g/mol. The van der Waals surface area contributed by atoms with Crippen LogP contribution in [-0.2, 0) is 4.74 Å². The fourth-order valence-corrected chi connectivity index (χ4v) is 4.00. The molecule has 1 aromatic carbocycles. The lowest BCUT2D eigenvalue weighted by atomic mass is 9.86. The first kappa shape index (κ1) is 19.8. The van der Waals surface area contributed by atoms with E-state index in [1.165, 1.54) is 12.0 Å². The fourth-order valence-electron chi connectivity index (χ4n) is 4.00. The summed E-state index contributed by atoms with van der Waals surface area (Å²) in [5.74, 6) is 0.444. The molecule has 0 heterocycles. The molecule has 1 fully saturated rings. The summed E-state index contributed by atoms with van der Waals surface area (Å²) in [7, 11) is 0. The molecular formula is C21H34N2O2. The molecule has 1 saturated carbocycles. The van der Waals surface area contributed by atoms with Gasteiger partial charge in [-0.3, -0.25) is 5.32 Å². The second kappa shape index (κ2) is 9.23. The van der Waals surface area contributed by atoms with Crippen molar-refractivity contribution in [3.05, 3.63) is 28.8 Å². The van der Waals surface area contributed by atoms with E-state index in [1.807, 2.05) is 13.8 Å². The summed E-state index contributed by atoms with van der Waals surface area (Å²) in [6, 6.07) is 4.18. The first-order valence-electron chi connectivity index (χ1n) is 9.72. The highest BCUT2D eigenvalue weighted by Gasteiger charge is 2.29. The molecule has 4 heteroatoms. The van der Waals surface area contributed by atoms with Gasteiger partial charge in [-0.15, -0.1) is 0 Å². The Morgan fingerprint density at radius 3 is 2.32 bits per heavy atom. The van der Waals surface area contributed by atoms with Crippen LogP contribution in [0.4, 0.5) is 10.5 Å². The molecule has 0 saturated heterocycles. The highest BCUT2D eigenvalue weighted by molar-refractivity contribution is 5.87. The van der Waals surface area contributed by atoms with Crippen molar-refractivity contribution in [2.45, 2.75) is 66.4 Å². The van der Waals surface area contributed by atoms with Gasteiger partial charge in [0.15, 0.2) is 0 Å². The number of amides is 1. The molecule has 0 unspecified atom stereocenters. The third-order valence-electron chi connectivity index (χ3n) is 5.39. The smallest absolute Gasteiger partial charge is 0.411 e. The maximum absolute atomic E-state index is 12.5. The molecule has 1 N–H and O–H groups in total. The number of hydrogen-bond donors (Lipinski definition) is 1. The Balaban J connectivity index is 2.00. The quantitative estimate of drug-likeness (QED) is 0.782. The second-order valence-corrected chi connectivity index (χ2v) is 7.37. The van der Waals surface area contributed by atoms with Gasteiger partial charge in [-0.05, 0) is 64.3 Å². The SMILES string of the molecule is CCN(CC)C[C@H]1CCCC[C@@H]1OC(=O)Nc1c(C)cc(C)cc1C. The lowest BCUT2D eigenvalue weighted by Crippen LogP contribution is -2.39. The second-order valence-electron chi connectivity index (χ2n) is 7.37. The minimum Gasteiger partial charge on any atom is -0.446 e. The van der Waals surface area contributed by atoms with E-state index >= 15 is 0 Å². The zero-order valence-corrected chi connectivity index (χ0v) is 16.5. The third kappa shape index (κ3) is 5.46. The highest BCUT2D eigenvalue weighted by atomic mass is 16.6. The summed E-state index contributed by atoms with van der Waals surface area (Å²) >= 11 is 0. The van der Waals surface area contributed by atoms with Gasteiger partial charge in [-0.2, -0.15) is 0 Å². The molecule has 1 aromatic rings. The summed E-state index contributed by atoms with van der Waals surface area (Å²) in [5.41, 5.74) is 4.25. The van der Waals surface area contributed by atoms with Gasteiger partial charge in [0.2, 0.25) is 0 Å². The van der Waals surface area contributed by atoms with Gasteiger partial charge in [0.25, 0.3) is 0 Å². The van der Waals surface area contributed by atoms with Gasteiger partial charge in [0.05, 0.1) is 0 Å². The normalized spacial score (nSPS) is 20.6. The van der Waals surface area contributed by atoms with E-state index < -0.39 is 0 Å². The van der Waals surface area contributed by atoms with E-state index in [-0.39, 0.29) is 12.2 Å². The van der Waals surface area contributed by atoms with Crippen molar-refractivity contribution in [2.75, 3.05) is 25.0 Å². The van der Waals surface area contributed by atoms with Crippen molar-refractivity contribution >= 4 is 11.8 Å². The fraction of sp³-hybridized carbons (Fsp3) is 0.667. The zero-order valence-electron chi connectivity index (χ0n) is 16.5. The number of ether oxygens (including phenoxy) is 1. The summed E-state index contributed by atoms with van der Waals surface area (Å²) in [6.45, 7) is 13.6. The number of carbonyl (C=O) groups excluding carboxylic acids is 1. The summed E-state index contributed by atoms with van der Waals surface area (Å²) in [6.07, 6.45) is 4.23.